The molecule has 0 fully saturated rings. The summed E-state index contributed by atoms with van der Waals surface area (Å²) in [6, 6.07) is 8.45. The van der Waals surface area contributed by atoms with E-state index in [-0.39, 0.29) is 5.97 Å². The van der Waals surface area contributed by atoms with E-state index in [1.54, 1.807) is 0 Å². The van der Waals surface area contributed by atoms with E-state index < -0.39 is 0 Å². The van der Waals surface area contributed by atoms with Gasteiger partial charge in [-0.1, -0.05) is 30.8 Å². The smallest absolute Gasteiger partial charge is 0.334 e. The Labute approximate surface area is 108 Å². The maximum absolute atomic E-state index is 11.5. The molecule has 0 spiro atoms. The van der Waals surface area contributed by atoms with Crippen molar-refractivity contribution in [2.75, 3.05) is 19.7 Å². The van der Waals surface area contributed by atoms with Gasteiger partial charge in [0.05, 0.1) is 6.61 Å². The molecule has 1 aromatic carbocycles. The van der Waals surface area contributed by atoms with E-state index in [4.69, 9.17) is 4.74 Å². The quantitative estimate of drug-likeness (QED) is 0.601. The van der Waals surface area contributed by atoms with Crippen LogP contribution >= 0.6 is 0 Å². The van der Waals surface area contributed by atoms with Crippen LogP contribution < -0.4 is 0 Å². The highest BCUT2D eigenvalue weighted by Gasteiger charge is 2.18. The van der Waals surface area contributed by atoms with E-state index in [2.05, 4.69) is 35.7 Å². The van der Waals surface area contributed by atoms with E-state index in [9.17, 15) is 4.79 Å². The molecule has 0 unspecified atom stereocenters. The molecule has 1 aromatic rings. The van der Waals surface area contributed by atoms with Gasteiger partial charge in [0.1, 0.15) is 0 Å². The zero-order valence-corrected chi connectivity index (χ0v) is 10.8. The minimum absolute atomic E-state index is 0.281. The monoisotopic (exact) mass is 245 g/mol. The number of nitrogens with zero attached hydrogens (tertiary/aromatic N) is 1. The summed E-state index contributed by atoms with van der Waals surface area (Å²) >= 11 is 0. The summed E-state index contributed by atoms with van der Waals surface area (Å²) in [5.41, 5.74) is 3.30. The first kappa shape index (κ1) is 12.8. The summed E-state index contributed by atoms with van der Waals surface area (Å²) in [5, 5.41) is 0. The molecule has 0 aromatic heterocycles. The van der Waals surface area contributed by atoms with Crippen LogP contribution in [-0.4, -0.2) is 30.6 Å². The number of esters is 1. The van der Waals surface area contributed by atoms with E-state index in [0.717, 1.165) is 19.5 Å². The first-order chi connectivity index (χ1) is 8.70. The lowest BCUT2D eigenvalue weighted by Gasteiger charge is -2.28. The molecule has 0 aliphatic carbocycles. The minimum Gasteiger partial charge on any atom is -0.463 e. The Balaban J connectivity index is 1.94. The number of rotatable bonds is 4. The number of hydrogen-bond donors (Lipinski definition) is 0. The van der Waals surface area contributed by atoms with Gasteiger partial charge in [0.15, 0.2) is 0 Å². The van der Waals surface area contributed by atoms with Crippen LogP contribution in [0.25, 0.3) is 0 Å². The van der Waals surface area contributed by atoms with Crippen molar-refractivity contribution in [3.8, 4) is 0 Å². The van der Waals surface area contributed by atoms with Crippen LogP contribution in [0.15, 0.2) is 36.4 Å². The number of benzene rings is 1. The van der Waals surface area contributed by atoms with Crippen LogP contribution in [-0.2, 0) is 22.5 Å². The van der Waals surface area contributed by atoms with Gasteiger partial charge in [-0.2, -0.15) is 0 Å². The van der Waals surface area contributed by atoms with Gasteiger partial charge in [-0.15, -0.1) is 0 Å². The zero-order chi connectivity index (χ0) is 13.0. The van der Waals surface area contributed by atoms with Crippen molar-refractivity contribution in [3.63, 3.8) is 0 Å². The third kappa shape index (κ3) is 2.99. The van der Waals surface area contributed by atoms with Gasteiger partial charge in [0, 0.05) is 25.2 Å². The van der Waals surface area contributed by atoms with Gasteiger partial charge in [-0.3, -0.25) is 4.90 Å². The Morgan fingerprint density at radius 3 is 2.83 bits per heavy atom. The second-order valence-electron chi connectivity index (χ2n) is 4.55. The molecule has 1 aliphatic rings. The molecule has 3 heteroatoms. The summed E-state index contributed by atoms with van der Waals surface area (Å²) in [4.78, 5) is 13.8. The molecule has 0 bridgehead atoms. The number of carbonyl (C=O) groups is 1. The highest BCUT2D eigenvalue weighted by molar-refractivity contribution is 5.88. The van der Waals surface area contributed by atoms with E-state index >= 15 is 0 Å². The van der Waals surface area contributed by atoms with Gasteiger partial charge < -0.3 is 4.74 Å². The Bertz CT molecular complexity index is 454. The van der Waals surface area contributed by atoms with Crippen molar-refractivity contribution < 1.29 is 9.53 Å². The number of fused-ring (bicyclic) bond motifs is 1. The number of hydrogen-bond acceptors (Lipinski definition) is 3. The second kappa shape index (κ2) is 5.83. The Morgan fingerprint density at radius 1 is 1.39 bits per heavy atom. The van der Waals surface area contributed by atoms with Crippen molar-refractivity contribution >= 4 is 5.97 Å². The van der Waals surface area contributed by atoms with E-state index in [0.29, 0.717) is 18.7 Å². The van der Waals surface area contributed by atoms with Gasteiger partial charge in [-0.25, -0.2) is 4.79 Å². The fraction of sp³-hybridized carbons (Fsp3) is 0.400. The molecular weight excluding hydrogens is 226 g/mol. The summed E-state index contributed by atoms with van der Waals surface area (Å²) in [6.07, 6.45) is 1.03. The van der Waals surface area contributed by atoms with E-state index in [1.807, 2.05) is 6.92 Å². The Morgan fingerprint density at radius 2 is 2.11 bits per heavy atom. The number of ether oxygens (including phenoxy) is 1. The van der Waals surface area contributed by atoms with Crippen molar-refractivity contribution in [1.29, 1.82) is 0 Å². The maximum Gasteiger partial charge on any atom is 0.334 e. The summed E-state index contributed by atoms with van der Waals surface area (Å²) in [6.45, 7) is 8.46. The lowest BCUT2D eigenvalue weighted by atomic mass is 9.99. The van der Waals surface area contributed by atoms with Crippen LogP contribution in [0.3, 0.4) is 0 Å². The molecule has 2 rings (SSSR count). The summed E-state index contributed by atoms with van der Waals surface area (Å²) < 4.78 is 4.95. The molecular formula is C15H19NO2. The van der Waals surface area contributed by atoms with Gasteiger partial charge in [-0.05, 0) is 24.5 Å². The third-order valence-corrected chi connectivity index (χ3v) is 3.19. The molecule has 0 amide bonds. The van der Waals surface area contributed by atoms with Gasteiger partial charge in [0.2, 0.25) is 0 Å². The molecule has 96 valence electrons. The minimum atomic E-state index is -0.281. The molecule has 0 N–H and O–H groups in total. The SMILES string of the molecule is C=C(CN1CCc2ccccc2C1)C(=O)OCC. The standard InChI is InChI=1S/C15H19NO2/c1-3-18-15(17)12(2)10-16-9-8-13-6-4-5-7-14(13)11-16/h4-7H,2-3,8-11H2,1H3. The topological polar surface area (TPSA) is 29.5 Å². The molecule has 1 aliphatic heterocycles. The maximum atomic E-state index is 11.5. The van der Waals surface area contributed by atoms with Crippen molar-refractivity contribution in [2.24, 2.45) is 0 Å². The predicted molar refractivity (Wildman–Crippen MR) is 71.2 cm³/mol. The Kier molecular flexibility index (Phi) is 4.15. The molecule has 1 heterocycles. The highest BCUT2D eigenvalue weighted by atomic mass is 16.5. The van der Waals surface area contributed by atoms with Crippen LogP contribution in [0.4, 0.5) is 0 Å². The van der Waals surface area contributed by atoms with Crippen molar-refractivity contribution in [3.05, 3.63) is 47.5 Å². The fourth-order valence-electron chi connectivity index (χ4n) is 2.26. The summed E-state index contributed by atoms with van der Waals surface area (Å²) in [5.74, 6) is -0.281. The molecule has 0 saturated heterocycles. The average Bonchev–Trinajstić information content (AvgIpc) is 2.39. The number of carbonyl (C=O) groups excluding carboxylic acids is 1. The van der Waals surface area contributed by atoms with Crippen LogP contribution in [0.5, 0.6) is 0 Å². The van der Waals surface area contributed by atoms with E-state index in [1.165, 1.54) is 11.1 Å². The van der Waals surface area contributed by atoms with Crippen molar-refractivity contribution in [2.45, 2.75) is 19.9 Å². The zero-order valence-electron chi connectivity index (χ0n) is 10.8. The molecule has 0 radical (unpaired) electrons. The third-order valence-electron chi connectivity index (χ3n) is 3.19. The first-order valence-corrected chi connectivity index (χ1v) is 6.34. The van der Waals surface area contributed by atoms with Crippen LogP contribution in [0.1, 0.15) is 18.1 Å². The molecule has 3 nitrogen and oxygen atoms in total. The van der Waals surface area contributed by atoms with Crippen LogP contribution in [0.2, 0.25) is 0 Å². The molecule has 0 saturated carbocycles. The highest BCUT2D eigenvalue weighted by Crippen LogP contribution is 2.19. The van der Waals surface area contributed by atoms with Crippen LogP contribution in [0, 0.1) is 0 Å². The van der Waals surface area contributed by atoms with Crippen molar-refractivity contribution in [1.82, 2.24) is 4.90 Å². The van der Waals surface area contributed by atoms with Gasteiger partial charge in [0.25, 0.3) is 0 Å². The molecule has 18 heavy (non-hydrogen) atoms. The summed E-state index contributed by atoms with van der Waals surface area (Å²) in [7, 11) is 0. The fourth-order valence-corrected chi connectivity index (χ4v) is 2.26. The average molecular weight is 245 g/mol. The molecule has 0 atom stereocenters. The van der Waals surface area contributed by atoms with Gasteiger partial charge >= 0.3 is 5.97 Å². The largest absolute Gasteiger partial charge is 0.463 e. The lowest BCUT2D eigenvalue weighted by molar-refractivity contribution is -0.138. The lowest BCUT2D eigenvalue weighted by Crippen LogP contribution is -2.33. The normalized spacial score (nSPS) is 14.9. The Hall–Kier alpha value is -1.61. The second-order valence-corrected chi connectivity index (χ2v) is 4.55. The predicted octanol–water partition coefficient (Wildman–Crippen LogP) is 2.16. The first-order valence-electron chi connectivity index (χ1n) is 6.34.